The molecule has 1 saturated heterocycles. The van der Waals surface area contributed by atoms with Crippen molar-refractivity contribution in [2.75, 3.05) is 31.3 Å². The molecule has 0 aliphatic carbocycles. The van der Waals surface area contributed by atoms with Crippen molar-refractivity contribution in [3.8, 4) is 5.75 Å². The highest BCUT2D eigenvalue weighted by Crippen LogP contribution is 2.31. The number of rotatable bonds is 12. The van der Waals surface area contributed by atoms with Gasteiger partial charge in [0.15, 0.2) is 0 Å². The minimum Gasteiger partial charge on any atom is -0.497 e. The summed E-state index contributed by atoms with van der Waals surface area (Å²) in [5, 5.41) is 17.0. The van der Waals surface area contributed by atoms with Crippen LogP contribution in [-0.2, 0) is 21.2 Å². The van der Waals surface area contributed by atoms with Gasteiger partial charge in [0.05, 0.1) is 37.2 Å². The lowest BCUT2D eigenvalue weighted by atomic mass is 10.0. The van der Waals surface area contributed by atoms with Crippen LogP contribution in [0.1, 0.15) is 78.4 Å². The third-order valence-electron chi connectivity index (χ3n) is 8.62. The lowest BCUT2D eigenvalue weighted by molar-refractivity contribution is -0.00363. The van der Waals surface area contributed by atoms with Crippen LogP contribution in [0, 0.1) is 0 Å². The van der Waals surface area contributed by atoms with E-state index in [9.17, 15) is 27.9 Å². The summed E-state index contributed by atoms with van der Waals surface area (Å²) >= 11 is 0. The van der Waals surface area contributed by atoms with Gasteiger partial charge in [-0.1, -0.05) is 42.5 Å². The Hall–Kier alpha value is -4.62. The Bertz CT molecular complexity index is 1780. The quantitative estimate of drug-likeness (QED) is 0.245. The van der Waals surface area contributed by atoms with Gasteiger partial charge >= 0.3 is 6.09 Å². The molecule has 0 radical (unpaired) electrons. The van der Waals surface area contributed by atoms with Crippen molar-refractivity contribution >= 4 is 33.6 Å². The standard InChI is InChI=1S/C37H48N4O8S/c1-24(26-13-9-8-10-14-26)39-35(44)28-20-27(21-30(22-28)40(5)50(7,46)47)34(43)38-23-33(42)32-17-16-29(41(32)36(45)49-37(2,3)4)18-25-12-11-15-31(19-25)48-6/h8-15,19-22,24,29,32-33,42H,16-18,23H2,1-7H3,(H,38,43)(H,39,44)/t24-,29+,32-,33+/m1/s1. The maximum atomic E-state index is 13.5. The Morgan fingerprint density at radius 1 is 0.980 bits per heavy atom. The number of amides is 3. The van der Waals surface area contributed by atoms with Crippen LogP contribution >= 0.6 is 0 Å². The number of anilines is 1. The van der Waals surface area contributed by atoms with Crippen LogP contribution in [0.15, 0.2) is 72.8 Å². The Labute approximate surface area is 294 Å². The number of nitrogens with one attached hydrogen (secondary N) is 2. The molecule has 4 atom stereocenters. The van der Waals surface area contributed by atoms with E-state index in [-0.39, 0.29) is 35.4 Å². The molecule has 1 aliphatic rings. The monoisotopic (exact) mass is 708 g/mol. The summed E-state index contributed by atoms with van der Waals surface area (Å²) in [6.45, 7) is 6.93. The van der Waals surface area contributed by atoms with Gasteiger partial charge in [-0.3, -0.25) is 18.8 Å². The molecule has 1 fully saturated rings. The Balaban J connectivity index is 1.54. The van der Waals surface area contributed by atoms with Gasteiger partial charge in [-0.05, 0) is 88.4 Å². The molecule has 50 heavy (non-hydrogen) atoms. The van der Waals surface area contributed by atoms with E-state index in [0.717, 1.165) is 21.7 Å². The van der Waals surface area contributed by atoms with Crippen LogP contribution < -0.4 is 19.7 Å². The number of aliphatic hydroxyl groups is 1. The molecule has 12 nitrogen and oxygen atoms in total. The average molecular weight is 709 g/mol. The molecule has 3 N–H and O–H groups in total. The maximum Gasteiger partial charge on any atom is 0.410 e. The third-order valence-corrected chi connectivity index (χ3v) is 9.83. The van der Waals surface area contributed by atoms with Gasteiger partial charge in [-0.25, -0.2) is 13.2 Å². The molecule has 3 aromatic carbocycles. The highest BCUT2D eigenvalue weighted by atomic mass is 32.2. The molecule has 270 valence electrons. The van der Waals surface area contributed by atoms with Crippen molar-refractivity contribution < 1.29 is 37.4 Å². The Kier molecular flexibility index (Phi) is 12.2. The zero-order valence-corrected chi connectivity index (χ0v) is 30.5. The fourth-order valence-corrected chi connectivity index (χ4v) is 6.44. The molecule has 1 heterocycles. The van der Waals surface area contributed by atoms with E-state index in [2.05, 4.69) is 10.6 Å². The first-order valence-corrected chi connectivity index (χ1v) is 18.4. The molecule has 1 aliphatic heterocycles. The highest BCUT2D eigenvalue weighted by molar-refractivity contribution is 7.92. The van der Waals surface area contributed by atoms with E-state index in [1.54, 1.807) is 32.8 Å². The zero-order valence-electron chi connectivity index (χ0n) is 29.7. The number of sulfonamides is 1. The number of hydrogen-bond acceptors (Lipinski definition) is 8. The molecule has 0 spiro atoms. The van der Waals surface area contributed by atoms with Crippen molar-refractivity contribution in [1.29, 1.82) is 0 Å². The van der Waals surface area contributed by atoms with E-state index in [4.69, 9.17) is 9.47 Å². The lowest BCUT2D eigenvalue weighted by Crippen LogP contribution is -2.51. The van der Waals surface area contributed by atoms with E-state index in [1.165, 1.54) is 25.2 Å². The van der Waals surface area contributed by atoms with Crippen LogP contribution in [-0.4, -0.2) is 87.1 Å². The molecule has 0 unspecified atom stereocenters. The summed E-state index contributed by atoms with van der Waals surface area (Å²) in [4.78, 5) is 42.0. The Morgan fingerprint density at radius 2 is 1.64 bits per heavy atom. The number of methoxy groups -OCH3 is 1. The van der Waals surface area contributed by atoms with E-state index >= 15 is 0 Å². The van der Waals surface area contributed by atoms with Gasteiger partial charge in [-0.2, -0.15) is 0 Å². The number of benzene rings is 3. The first-order chi connectivity index (χ1) is 23.5. The fraction of sp³-hybridized carbons (Fsp3) is 0.432. The van der Waals surface area contributed by atoms with Gasteiger partial charge in [0.1, 0.15) is 11.4 Å². The minimum absolute atomic E-state index is 0.0223. The summed E-state index contributed by atoms with van der Waals surface area (Å²) in [5.74, 6) is -0.435. The number of likely N-dealkylation sites (tertiary alicyclic amines) is 1. The summed E-state index contributed by atoms with van der Waals surface area (Å²) in [7, 11) is -0.810. The molecule has 3 amide bonds. The van der Waals surface area contributed by atoms with Crippen LogP contribution in [0.5, 0.6) is 5.75 Å². The highest BCUT2D eigenvalue weighted by Gasteiger charge is 2.42. The number of carbonyl (C=O) groups is 3. The second-order valence-electron chi connectivity index (χ2n) is 13.6. The molecular formula is C37H48N4O8S. The molecule has 0 saturated carbocycles. The van der Waals surface area contributed by atoms with Gasteiger partial charge in [-0.15, -0.1) is 0 Å². The number of ether oxygens (including phenoxy) is 2. The van der Waals surface area contributed by atoms with Crippen LogP contribution in [0.4, 0.5) is 10.5 Å². The van der Waals surface area contributed by atoms with E-state index in [0.29, 0.717) is 25.0 Å². The van der Waals surface area contributed by atoms with Crippen LogP contribution in [0.25, 0.3) is 0 Å². The first-order valence-electron chi connectivity index (χ1n) is 16.5. The topological polar surface area (TPSA) is 155 Å². The summed E-state index contributed by atoms with van der Waals surface area (Å²) in [6, 6.07) is 19.8. The fourth-order valence-electron chi connectivity index (χ4n) is 5.95. The maximum absolute atomic E-state index is 13.5. The molecule has 4 rings (SSSR count). The first kappa shape index (κ1) is 38.2. The van der Waals surface area contributed by atoms with E-state index < -0.39 is 45.7 Å². The predicted octanol–water partition coefficient (Wildman–Crippen LogP) is 4.68. The van der Waals surface area contributed by atoms with Crippen LogP contribution in [0.3, 0.4) is 0 Å². The second kappa shape index (κ2) is 15.9. The molecule has 13 heteroatoms. The average Bonchev–Trinajstić information content (AvgIpc) is 3.49. The van der Waals surface area contributed by atoms with Crippen LogP contribution in [0.2, 0.25) is 0 Å². The number of nitrogens with zero attached hydrogens (tertiary/aromatic N) is 2. The van der Waals surface area contributed by atoms with Crippen molar-refractivity contribution in [1.82, 2.24) is 15.5 Å². The van der Waals surface area contributed by atoms with Gasteiger partial charge in [0.25, 0.3) is 11.8 Å². The van der Waals surface area contributed by atoms with Crippen molar-refractivity contribution in [3.63, 3.8) is 0 Å². The van der Waals surface area contributed by atoms with Crippen molar-refractivity contribution in [3.05, 3.63) is 95.1 Å². The summed E-state index contributed by atoms with van der Waals surface area (Å²) in [6.07, 6.45) is 0.899. The smallest absolute Gasteiger partial charge is 0.410 e. The number of aliphatic hydroxyl groups excluding tert-OH is 1. The normalized spacial score (nSPS) is 17.4. The van der Waals surface area contributed by atoms with Crippen molar-refractivity contribution in [2.45, 2.75) is 76.8 Å². The van der Waals surface area contributed by atoms with Gasteiger partial charge in [0.2, 0.25) is 10.0 Å². The predicted molar refractivity (Wildman–Crippen MR) is 192 cm³/mol. The van der Waals surface area contributed by atoms with Gasteiger partial charge in [0, 0.05) is 30.8 Å². The summed E-state index contributed by atoms with van der Waals surface area (Å²) in [5.41, 5.74) is 1.29. The SMILES string of the molecule is COc1cccc(C[C@@H]2CC[C@H]([C@@H](O)CNC(=O)c3cc(C(=O)N[C@H](C)c4ccccc4)cc(N(C)S(C)(=O)=O)c3)N2C(=O)OC(C)(C)C)c1. The second-order valence-corrected chi connectivity index (χ2v) is 15.6. The number of hydrogen-bond donors (Lipinski definition) is 3. The summed E-state index contributed by atoms with van der Waals surface area (Å²) < 4.78 is 36.9. The van der Waals surface area contributed by atoms with E-state index in [1.807, 2.05) is 61.5 Å². The molecule has 0 bridgehead atoms. The zero-order chi connectivity index (χ0) is 36.8. The van der Waals surface area contributed by atoms with Crippen molar-refractivity contribution in [2.24, 2.45) is 0 Å². The largest absolute Gasteiger partial charge is 0.497 e. The molecule has 0 aromatic heterocycles. The Morgan fingerprint density at radius 3 is 2.26 bits per heavy atom. The van der Waals surface area contributed by atoms with Gasteiger partial charge < -0.3 is 25.2 Å². The molecule has 3 aromatic rings. The number of carbonyl (C=O) groups excluding carboxylic acids is 3. The third kappa shape index (κ3) is 9.97. The molecular weight excluding hydrogens is 660 g/mol. The lowest BCUT2D eigenvalue weighted by Gasteiger charge is -2.34. The minimum atomic E-state index is -3.73.